The first-order valence-corrected chi connectivity index (χ1v) is 6.80. The molecule has 0 N–H and O–H groups in total. The second-order valence-electron chi connectivity index (χ2n) is 4.33. The lowest BCUT2D eigenvalue weighted by Gasteiger charge is -2.13. The quantitative estimate of drug-likeness (QED) is 0.722. The van der Waals surface area contributed by atoms with E-state index in [1.807, 2.05) is 50.3 Å². The number of halogens is 1. The van der Waals surface area contributed by atoms with E-state index in [0.717, 1.165) is 34.7 Å². The molecule has 0 radical (unpaired) electrons. The molecule has 0 unspecified atom stereocenters. The Morgan fingerprint density at radius 2 is 1.95 bits per heavy atom. The van der Waals surface area contributed by atoms with Gasteiger partial charge in [0.25, 0.3) is 0 Å². The van der Waals surface area contributed by atoms with Crippen LogP contribution in [0.5, 0.6) is 0 Å². The van der Waals surface area contributed by atoms with Gasteiger partial charge in [-0.15, -0.1) is 0 Å². The molecular weight excluding hydrogens is 256 g/mol. The molecule has 0 bridgehead atoms. The molecule has 1 aliphatic heterocycles. The second kappa shape index (κ2) is 5.98. The van der Waals surface area contributed by atoms with Crippen molar-refractivity contribution in [3.05, 3.63) is 53.3 Å². The van der Waals surface area contributed by atoms with E-state index >= 15 is 0 Å². The normalized spacial score (nSPS) is 15.8. The summed E-state index contributed by atoms with van der Waals surface area (Å²) in [5.74, 6) is 0. The van der Waals surface area contributed by atoms with E-state index in [0.29, 0.717) is 5.17 Å². The van der Waals surface area contributed by atoms with Gasteiger partial charge in [0.1, 0.15) is 5.17 Å². The summed E-state index contributed by atoms with van der Waals surface area (Å²) < 4.78 is 0. The van der Waals surface area contributed by atoms with Crippen LogP contribution in [-0.2, 0) is 0 Å². The maximum absolute atomic E-state index is 6.35. The molecule has 0 spiro atoms. The lowest BCUT2D eigenvalue weighted by Crippen LogP contribution is -2.04. The van der Waals surface area contributed by atoms with Gasteiger partial charge in [0.2, 0.25) is 0 Å². The summed E-state index contributed by atoms with van der Waals surface area (Å²) in [5.41, 5.74) is 4.74. The predicted molar refractivity (Wildman–Crippen MR) is 83.7 cm³/mol. The largest absolute Gasteiger partial charge is 0.253 e. The molecule has 1 aromatic carbocycles. The number of hydrogen-bond acceptors (Lipinski definition) is 2. The van der Waals surface area contributed by atoms with Crippen molar-refractivity contribution < 1.29 is 0 Å². The average Bonchev–Trinajstić information content (AvgIpc) is 2.39. The zero-order valence-corrected chi connectivity index (χ0v) is 12.2. The predicted octanol–water partition coefficient (Wildman–Crippen LogP) is 5.02. The zero-order valence-electron chi connectivity index (χ0n) is 11.4. The van der Waals surface area contributed by atoms with Gasteiger partial charge < -0.3 is 0 Å². The van der Waals surface area contributed by atoms with E-state index < -0.39 is 0 Å². The number of benzene rings is 1. The third kappa shape index (κ3) is 2.85. The lowest BCUT2D eigenvalue weighted by atomic mass is 10.1. The van der Waals surface area contributed by atoms with Crippen LogP contribution in [-0.4, -0.2) is 10.9 Å². The van der Waals surface area contributed by atoms with Crippen molar-refractivity contribution in [3.8, 4) is 0 Å². The maximum atomic E-state index is 6.35. The number of rotatable bonds is 2. The van der Waals surface area contributed by atoms with Crippen LogP contribution in [0.2, 0.25) is 0 Å². The van der Waals surface area contributed by atoms with Gasteiger partial charge >= 0.3 is 0 Å². The maximum Gasteiger partial charge on any atom is 0.135 e. The minimum Gasteiger partial charge on any atom is -0.253 e. The lowest BCUT2D eigenvalue weighted by molar-refractivity contribution is 1.13. The third-order valence-corrected chi connectivity index (χ3v) is 3.35. The molecule has 19 heavy (non-hydrogen) atoms. The van der Waals surface area contributed by atoms with Crippen LogP contribution in [0.1, 0.15) is 32.8 Å². The van der Waals surface area contributed by atoms with E-state index in [-0.39, 0.29) is 0 Å². The van der Waals surface area contributed by atoms with Crippen LogP contribution in [0, 0.1) is 0 Å². The highest BCUT2D eigenvalue weighted by molar-refractivity contribution is 6.70. The van der Waals surface area contributed by atoms with Crippen LogP contribution in [0.15, 0.2) is 57.7 Å². The molecule has 0 aromatic heterocycles. The van der Waals surface area contributed by atoms with Crippen LogP contribution < -0.4 is 0 Å². The number of nitrogens with zero attached hydrogens (tertiary/aromatic N) is 2. The molecule has 0 fully saturated rings. The number of fused-ring (bicyclic) bond motifs is 1. The van der Waals surface area contributed by atoms with Crippen LogP contribution in [0.25, 0.3) is 0 Å². The van der Waals surface area contributed by atoms with Crippen molar-refractivity contribution in [2.75, 3.05) is 0 Å². The summed E-state index contributed by atoms with van der Waals surface area (Å²) in [7, 11) is 0. The van der Waals surface area contributed by atoms with Gasteiger partial charge in [-0.2, -0.15) is 0 Å². The first kappa shape index (κ1) is 13.8. The monoisotopic (exact) mass is 272 g/mol. The van der Waals surface area contributed by atoms with E-state index in [1.54, 1.807) is 0 Å². The summed E-state index contributed by atoms with van der Waals surface area (Å²) in [6.45, 7) is 6.04. The molecule has 0 atom stereocenters. The fourth-order valence-corrected chi connectivity index (χ4v) is 2.41. The molecule has 1 aromatic rings. The standard InChI is InChI=1S/C16H17ClN2/c1-4-8-14-12(5-2)16(17)19-15-10-7-6-9-13(15)11(3)18-14/h4,6-10H,5H2,1-3H3/b8-4-,13-11?,14-12?,16-12?,18-11?,18-14?,19-15?,19-16?. The Morgan fingerprint density at radius 3 is 2.63 bits per heavy atom. The Hall–Kier alpha value is -1.67. The average molecular weight is 273 g/mol. The molecule has 2 nitrogen and oxygen atoms in total. The van der Waals surface area contributed by atoms with Gasteiger partial charge in [-0.3, -0.25) is 4.99 Å². The number of aliphatic imine (C=N–C) groups is 2. The van der Waals surface area contributed by atoms with Crippen molar-refractivity contribution in [2.24, 2.45) is 9.98 Å². The van der Waals surface area contributed by atoms with Crippen molar-refractivity contribution in [1.82, 2.24) is 0 Å². The minimum atomic E-state index is 0.527. The summed E-state index contributed by atoms with van der Waals surface area (Å²) in [6, 6.07) is 7.93. The fourth-order valence-electron chi connectivity index (χ4n) is 2.09. The first-order valence-electron chi connectivity index (χ1n) is 6.42. The summed E-state index contributed by atoms with van der Waals surface area (Å²) >= 11 is 6.35. The SMILES string of the molecule is C/C=C\C1=C(CC)C(Cl)=Nc2ccccc2C(C)=N1. The Bertz CT molecular complexity index is 607. The van der Waals surface area contributed by atoms with Crippen molar-refractivity contribution in [2.45, 2.75) is 27.2 Å². The van der Waals surface area contributed by atoms with Gasteiger partial charge in [-0.25, -0.2) is 4.99 Å². The van der Waals surface area contributed by atoms with Gasteiger partial charge in [0.05, 0.1) is 11.4 Å². The molecule has 0 saturated heterocycles. The Balaban J connectivity index is 2.71. The molecule has 1 heterocycles. The van der Waals surface area contributed by atoms with Crippen LogP contribution in [0.4, 0.5) is 5.69 Å². The highest BCUT2D eigenvalue weighted by atomic mass is 35.5. The molecule has 1 aliphatic rings. The fraction of sp³-hybridized carbons (Fsp3) is 0.250. The van der Waals surface area contributed by atoms with E-state index in [4.69, 9.17) is 16.6 Å². The summed E-state index contributed by atoms with van der Waals surface area (Å²) in [6.07, 6.45) is 4.76. The molecular formula is C16H17ClN2. The number of para-hydroxylation sites is 1. The third-order valence-electron chi connectivity index (χ3n) is 3.04. The minimum absolute atomic E-state index is 0.527. The molecule has 2 rings (SSSR count). The van der Waals surface area contributed by atoms with Crippen molar-refractivity contribution >= 4 is 28.2 Å². The number of hydrogen-bond donors (Lipinski definition) is 0. The topological polar surface area (TPSA) is 24.7 Å². The highest BCUT2D eigenvalue weighted by Crippen LogP contribution is 2.27. The van der Waals surface area contributed by atoms with E-state index in [2.05, 4.69) is 11.9 Å². The Labute approximate surface area is 119 Å². The zero-order chi connectivity index (χ0) is 13.8. The van der Waals surface area contributed by atoms with Gasteiger partial charge in [-0.05, 0) is 32.4 Å². The smallest absolute Gasteiger partial charge is 0.135 e. The molecule has 0 amide bonds. The number of allylic oxidation sites excluding steroid dienone is 3. The summed E-state index contributed by atoms with van der Waals surface area (Å²) in [5, 5.41) is 0.527. The Kier molecular flexibility index (Phi) is 4.33. The van der Waals surface area contributed by atoms with Crippen molar-refractivity contribution in [1.29, 1.82) is 0 Å². The second-order valence-corrected chi connectivity index (χ2v) is 4.69. The summed E-state index contributed by atoms with van der Waals surface area (Å²) in [4.78, 5) is 9.26. The first-order chi connectivity index (χ1) is 9.17. The Morgan fingerprint density at radius 1 is 1.21 bits per heavy atom. The molecule has 0 aliphatic carbocycles. The highest BCUT2D eigenvalue weighted by Gasteiger charge is 2.14. The molecule has 98 valence electrons. The van der Waals surface area contributed by atoms with E-state index in [9.17, 15) is 0 Å². The van der Waals surface area contributed by atoms with Gasteiger partial charge in [0.15, 0.2) is 0 Å². The van der Waals surface area contributed by atoms with Crippen LogP contribution >= 0.6 is 11.6 Å². The van der Waals surface area contributed by atoms with Gasteiger partial charge in [0, 0.05) is 16.8 Å². The van der Waals surface area contributed by atoms with E-state index in [1.165, 1.54) is 0 Å². The van der Waals surface area contributed by atoms with Gasteiger partial charge in [-0.1, -0.05) is 42.8 Å². The molecule has 0 saturated carbocycles. The molecule has 3 heteroatoms. The van der Waals surface area contributed by atoms with Crippen LogP contribution in [0.3, 0.4) is 0 Å². The van der Waals surface area contributed by atoms with Crippen molar-refractivity contribution in [3.63, 3.8) is 0 Å².